The van der Waals surface area contributed by atoms with E-state index < -0.39 is 17.9 Å². The predicted molar refractivity (Wildman–Crippen MR) is 293 cm³/mol. The standard InChI is InChI=1S/C38H42O9.C25H29NO4/c1-3-35(39)45-27-11-7-5-9-25-43-32-19-13-29(14-20-32)37(41)30-15-23-34(24-16-30)47-38(42)31-17-21-33(22-18-31)44-26-10-6-8-12-28-46-36(40)4-2;1-3-19(2)25(28)30-17-7-5-4-6-16-29-23-14-12-22(13-15-23)24(27)21-10-8-20(18-26)9-11-21/h3-4,13-24H,1-2,5-12,25-28H2;8-15,19H,3-7,16-17H2,1-2H3. The van der Waals surface area contributed by atoms with E-state index in [1.807, 2.05) is 19.9 Å². The summed E-state index contributed by atoms with van der Waals surface area (Å²) in [7, 11) is 0. The number of rotatable bonds is 34. The third-order valence-electron chi connectivity index (χ3n) is 11.9. The second-order valence-electron chi connectivity index (χ2n) is 17.8. The lowest BCUT2D eigenvalue weighted by molar-refractivity contribution is -0.148. The van der Waals surface area contributed by atoms with Gasteiger partial charge in [0.1, 0.15) is 23.0 Å². The van der Waals surface area contributed by atoms with Gasteiger partial charge in [-0.1, -0.05) is 27.0 Å². The summed E-state index contributed by atoms with van der Waals surface area (Å²) in [5.74, 6) is 0.699. The molecular weight excluding hydrogens is 979 g/mol. The number of hydrogen-bond donors (Lipinski definition) is 0. The lowest BCUT2D eigenvalue weighted by atomic mass is 10.0. The molecule has 5 aromatic carbocycles. The molecule has 0 spiro atoms. The van der Waals surface area contributed by atoms with Crippen molar-refractivity contribution in [1.82, 2.24) is 0 Å². The quantitative estimate of drug-likeness (QED) is 0.00944. The molecule has 0 fully saturated rings. The second-order valence-corrected chi connectivity index (χ2v) is 17.8. The molecule has 14 nitrogen and oxygen atoms in total. The van der Waals surface area contributed by atoms with Gasteiger partial charge < -0.3 is 33.2 Å². The summed E-state index contributed by atoms with van der Waals surface area (Å²) in [6, 6.07) is 35.9. The summed E-state index contributed by atoms with van der Waals surface area (Å²) < 4.78 is 37.9. The molecule has 0 saturated carbocycles. The Labute approximate surface area is 452 Å². The third kappa shape index (κ3) is 23.8. The summed E-state index contributed by atoms with van der Waals surface area (Å²) in [6.45, 7) is 13.6. The Hall–Kier alpha value is -8.31. The van der Waals surface area contributed by atoms with E-state index in [1.54, 1.807) is 121 Å². The maximum atomic E-state index is 13.0. The van der Waals surface area contributed by atoms with Crippen LogP contribution in [0.3, 0.4) is 0 Å². The minimum atomic E-state index is -0.516. The van der Waals surface area contributed by atoms with Crippen molar-refractivity contribution in [1.29, 1.82) is 5.26 Å². The molecule has 406 valence electrons. The van der Waals surface area contributed by atoms with Crippen LogP contribution < -0.4 is 18.9 Å². The Morgan fingerprint density at radius 3 is 1.09 bits per heavy atom. The lowest BCUT2D eigenvalue weighted by Crippen LogP contribution is -2.14. The number of nitriles is 1. The molecule has 0 heterocycles. The minimum absolute atomic E-state index is 0.0239. The van der Waals surface area contributed by atoms with Crippen LogP contribution in [-0.2, 0) is 28.6 Å². The van der Waals surface area contributed by atoms with Gasteiger partial charge in [-0.15, -0.1) is 0 Å². The highest BCUT2D eigenvalue weighted by molar-refractivity contribution is 6.09. The average Bonchev–Trinajstić information content (AvgIpc) is 3.47. The van der Waals surface area contributed by atoms with Gasteiger partial charge in [-0.3, -0.25) is 14.4 Å². The molecule has 5 rings (SSSR count). The van der Waals surface area contributed by atoms with Crippen molar-refractivity contribution in [2.75, 3.05) is 39.6 Å². The van der Waals surface area contributed by atoms with Crippen molar-refractivity contribution in [3.8, 4) is 29.1 Å². The van der Waals surface area contributed by atoms with Gasteiger partial charge in [0.15, 0.2) is 11.6 Å². The van der Waals surface area contributed by atoms with Crippen LogP contribution in [0.15, 0.2) is 147 Å². The molecule has 5 aromatic rings. The number of benzene rings is 5. The van der Waals surface area contributed by atoms with Gasteiger partial charge in [0.2, 0.25) is 0 Å². The van der Waals surface area contributed by atoms with Crippen molar-refractivity contribution < 1.29 is 61.9 Å². The van der Waals surface area contributed by atoms with Crippen LogP contribution in [0.25, 0.3) is 0 Å². The van der Waals surface area contributed by atoms with Crippen molar-refractivity contribution in [3.63, 3.8) is 0 Å². The van der Waals surface area contributed by atoms with Crippen molar-refractivity contribution in [2.45, 2.75) is 97.3 Å². The van der Waals surface area contributed by atoms with Crippen molar-refractivity contribution in [3.05, 3.63) is 180 Å². The summed E-state index contributed by atoms with van der Waals surface area (Å²) in [5, 5.41) is 8.84. The van der Waals surface area contributed by atoms with Crippen LogP contribution in [0, 0.1) is 17.2 Å². The zero-order valence-electron chi connectivity index (χ0n) is 44.4. The van der Waals surface area contributed by atoms with Gasteiger partial charge in [-0.05, 0) is 205 Å². The summed E-state index contributed by atoms with van der Waals surface area (Å²) in [6.07, 6.45) is 14.0. The summed E-state index contributed by atoms with van der Waals surface area (Å²) in [5.41, 5.74) is 3.03. The Kier molecular flexibility index (Phi) is 28.5. The molecule has 0 saturated heterocycles. The van der Waals surface area contributed by atoms with E-state index in [0.717, 1.165) is 101 Å². The van der Waals surface area contributed by atoms with Crippen LogP contribution in [0.1, 0.15) is 145 Å². The Morgan fingerprint density at radius 2 is 0.753 bits per heavy atom. The largest absolute Gasteiger partial charge is 0.494 e. The van der Waals surface area contributed by atoms with Gasteiger partial charge in [0.25, 0.3) is 0 Å². The zero-order chi connectivity index (χ0) is 55.5. The normalized spacial score (nSPS) is 10.8. The number of carbonyl (C=O) groups excluding carboxylic acids is 6. The monoisotopic (exact) mass is 1050 g/mol. The van der Waals surface area contributed by atoms with E-state index >= 15 is 0 Å². The summed E-state index contributed by atoms with van der Waals surface area (Å²) >= 11 is 0. The van der Waals surface area contributed by atoms with Crippen LogP contribution >= 0.6 is 0 Å². The smallest absolute Gasteiger partial charge is 0.343 e. The Bertz CT molecular complexity index is 2650. The molecule has 77 heavy (non-hydrogen) atoms. The van der Waals surface area contributed by atoms with Gasteiger partial charge in [0, 0.05) is 34.4 Å². The Morgan fingerprint density at radius 1 is 0.442 bits per heavy atom. The first kappa shape index (κ1) is 61.2. The highest BCUT2D eigenvalue weighted by Gasteiger charge is 2.14. The molecule has 0 aromatic heterocycles. The number of unbranched alkanes of at least 4 members (excludes halogenated alkanes) is 9. The van der Waals surface area contributed by atoms with Gasteiger partial charge >= 0.3 is 23.9 Å². The van der Waals surface area contributed by atoms with Crippen LogP contribution in [0.4, 0.5) is 0 Å². The molecule has 14 heteroatoms. The topological polar surface area (TPSA) is 191 Å². The maximum absolute atomic E-state index is 13.0. The molecule has 0 bridgehead atoms. The van der Waals surface area contributed by atoms with E-state index in [-0.39, 0.29) is 23.5 Å². The molecule has 1 unspecified atom stereocenters. The molecule has 0 aliphatic carbocycles. The lowest BCUT2D eigenvalue weighted by Gasteiger charge is -2.09. The number of carbonyl (C=O) groups is 6. The molecule has 1 atom stereocenters. The molecule has 0 N–H and O–H groups in total. The fourth-order valence-corrected chi connectivity index (χ4v) is 7.15. The maximum Gasteiger partial charge on any atom is 0.343 e. The molecule has 0 radical (unpaired) electrons. The zero-order valence-corrected chi connectivity index (χ0v) is 44.4. The highest BCUT2D eigenvalue weighted by Crippen LogP contribution is 2.22. The van der Waals surface area contributed by atoms with E-state index in [0.29, 0.717) is 90.3 Å². The van der Waals surface area contributed by atoms with E-state index in [9.17, 15) is 28.8 Å². The average molecular weight is 1050 g/mol. The summed E-state index contributed by atoms with van der Waals surface area (Å²) in [4.78, 5) is 71.6. The van der Waals surface area contributed by atoms with E-state index in [1.165, 1.54) is 0 Å². The van der Waals surface area contributed by atoms with Crippen LogP contribution in [0.5, 0.6) is 23.0 Å². The SMILES string of the molecule is C=CC(=O)OCCCCCCOc1ccc(C(=O)Oc2ccc(C(=O)c3ccc(OCCCCCCOC(=O)C=C)cc3)cc2)cc1.CCC(C)C(=O)OCCCCCCOc1ccc(C(=O)c2ccc(C#N)cc2)cc1. The van der Waals surface area contributed by atoms with Crippen LogP contribution in [0.2, 0.25) is 0 Å². The van der Waals surface area contributed by atoms with Gasteiger partial charge in [0.05, 0.1) is 62.8 Å². The number of esters is 4. The molecule has 0 amide bonds. The fraction of sp³-hybridized carbons (Fsp3) is 0.349. The van der Waals surface area contributed by atoms with Crippen molar-refractivity contribution >= 4 is 35.4 Å². The molecule has 0 aliphatic rings. The first-order valence-electron chi connectivity index (χ1n) is 26.3. The minimum Gasteiger partial charge on any atom is -0.494 e. The van der Waals surface area contributed by atoms with E-state index in [4.69, 9.17) is 38.4 Å². The molecule has 0 aliphatic heterocycles. The third-order valence-corrected chi connectivity index (χ3v) is 11.9. The van der Waals surface area contributed by atoms with Crippen LogP contribution in [-0.4, -0.2) is 75.1 Å². The first-order valence-corrected chi connectivity index (χ1v) is 26.3. The number of ether oxygens (including phenoxy) is 7. The number of nitrogens with zero attached hydrogens (tertiary/aromatic N) is 1. The first-order chi connectivity index (χ1) is 37.4. The Balaban J connectivity index is 0.000000367. The van der Waals surface area contributed by atoms with Crippen molar-refractivity contribution in [2.24, 2.45) is 5.92 Å². The number of ketones is 2. The number of hydrogen-bond acceptors (Lipinski definition) is 14. The molecular formula is C63H71NO13. The second kappa shape index (κ2) is 35.8. The highest BCUT2D eigenvalue weighted by atomic mass is 16.5. The predicted octanol–water partition coefficient (Wildman–Crippen LogP) is 12.8. The fourth-order valence-electron chi connectivity index (χ4n) is 7.15. The van der Waals surface area contributed by atoms with E-state index in [2.05, 4.69) is 13.2 Å². The van der Waals surface area contributed by atoms with Gasteiger partial charge in [-0.2, -0.15) is 5.26 Å². The van der Waals surface area contributed by atoms with Gasteiger partial charge in [-0.25, -0.2) is 14.4 Å².